The summed E-state index contributed by atoms with van der Waals surface area (Å²) in [4.78, 5) is 11.9. The standard InChI is InChI=1S/C16H13FN2O2/c17-14-10-11(2-1-9-18)3-8-15(14)19-16(21)12-4-6-13(20)7-5-12/h3-8,10,20H,9,18H2,(H,19,21). The van der Waals surface area contributed by atoms with Crippen LogP contribution in [0.15, 0.2) is 42.5 Å². The molecule has 106 valence electrons. The van der Waals surface area contributed by atoms with Crippen LogP contribution in [0.25, 0.3) is 0 Å². The largest absolute Gasteiger partial charge is 0.508 e. The van der Waals surface area contributed by atoms with Crippen molar-refractivity contribution < 1.29 is 14.3 Å². The van der Waals surface area contributed by atoms with E-state index >= 15 is 0 Å². The molecule has 0 aromatic heterocycles. The number of halogens is 1. The number of carbonyl (C=O) groups excluding carboxylic acids is 1. The van der Waals surface area contributed by atoms with Gasteiger partial charge in [-0.15, -0.1) is 0 Å². The molecule has 2 aromatic carbocycles. The second-order valence-corrected chi connectivity index (χ2v) is 4.20. The van der Waals surface area contributed by atoms with E-state index in [-0.39, 0.29) is 18.0 Å². The Morgan fingerprint density at radius 2 is 1.95 bits per heavy atom. The van der Waals surface area contributed by atoms with Crippen LogP contribution in [-0.4, -0.2) is 17.6 Å². The first kappa shape index (κ1) is 14.6. The third-order valence-electron chi connectivity index (χ3n) is 2.68. The summed E-state index contributed by atoms with van der Waals surface area (Å²) in [6, 6.07) is 9.93. The number of phenolic OH excluding ortho intramolecular Hbond substituents is 1. The number of phenols is 1. The Balaban J connectivity index is 2.16. The highest BCUT2D eigenvalue weighted by Crippen LogP contribution is 2.17. The summed E-state index contributed by atoms with van der Waals surface area (Å²) in [7, 11) is 0. The Kier molecular flexibility index (Phi) is 4.54. The zero-order valence-electron chi connectivity index (χ0n) is 11.1. The summed E-state index contributed by atoms with van der Waals surface area (Å²) < 4.78 is 13.9. The number of anilines is 1. The number of nitrogens with two attached hydrogens (primary N) is 1. The van der Waals surface area contributed by atoms with E-state index in [0.29, 0.717) is 11.1 Å². The number of carbonyl (C=O) groups is 1. The summed E-state index contributed by atoms with van der Waals surface area (Å²) >= 11 is 0. The molecule has 4 N–H and O–H groups in total. The van der Waals surface area contributed by atoms with Crippen LogP contribution in [0.1, 0.15) is 15.9 Å². The first-order chi connectivity index (χ1) is 10.1. The van der Waals surface area contributed by atoms with E-state index in [1.165, 1.54) is 36.4 Å². The molecule has 2 rings (SSSR count). The van der Waals surface area contributed by atoms with Gasteiger partial charge in [0.2, 0.25) is 0 Å². The number of hydrogen-bond donors (Lipinski definition) is 3. The summed E-state index contributed by atoms with van der Waals surface area (Å²) in [5.41, 5.74) is 6.11. The Morgan fingerprint density at radius 3 is 2.57 bits per heavy atom. The predicted octanol–water partition coefficient (Wildman–Crippen LogP) is 2.09. The maximum Gasteiger partial charge on any atom is 0.255 e. The zero-order valence-corrected chi connectivity index (χ0v) is 11.1. The average Bonchev–Trinajstić information content (AvgIpc) is 2.48. The monoisotopic (exact) mass is 284 g/mol. The lowest BCUT2D eigenvalue weighted by Gasteiger charge is -2.07. The van der Waals surface area contributed by atoms with Crippen molar-refractivity contribution in [3.05, 3.63) is 59.4 Å². The first-order valence-corrected chi connectivity index (χ1v) is 6.19. The molecule has 0 heterocycles. The molecule has 5 heteroatoms. The van der Waals surface area contributed by atoms with E-state index < -0.39 is 11.7 Å². The minimum absolute atomic E-state index is 0.0561. The third kappa shape index (κ3) is 3.81. The van der Waals surface area contributed by atoms with E-state index in [2.05, 4.69) is 17.2 Å². The van der Waals surface area contributed by atoms with E-state index in [9.17, 15) is 9.18 Å². The predicted molar refractivity (Wildman–Crippen MR) is 78.4 cm³/mol. The van der Waals surface area contributed by atoms with Crippen LogP contribution in [-0.2, 0) is 0 Å². The van der Waals surface area contributed by atoms with Gasteiger partial charge in [-0.2, -0.15) is 0 Å². The van der Waals surface area contributed by atoms with Crippen LogP contribution in [0.4, 0.5) is 10.1 Å². The van der Waals surface area contributed by atoms with Crippen molar-refractivity contribution in [2.45, 2.75) is 0 Å². The quantitative estimate of drug-likeness (QED) is 0.739. The van der Waals surface area contributed by atoms with Crippen molar-refractivity contribution in [3.8, 4) is 17.6 Å². The fourth-order valence-corrected chi connectivity index (χ4v) is 1.65. The lowest BCUT2D eigenvalue weighted by atomic mass is 10.1. The maximum absolute atomic E-state index is 13.9. The Hall–Kier alpha value is -2.84. The summed E-state index contributed by atoms with van der Waals surface area (Å²) in [5.74, 6) is 4.35. The van der Waals surface area contributed by atoms with Crippen molar-refractivity contribution in [1.29, 1.82) is 0 Å². The molecule has 1 amide bonds. The SMILES string of the molecule is NCC#Cc1ccc(NC(=O)c2ccc(O)cc2)c(F)c1. The number of benzene rings is 2. The highest BCUT2D eigenvalue weighted by molar-refractivity contribution is 6.04. The Labute approximate surface area is 121 Å². The maximum atomic E-state index is 13.9. The van der Waals surface area contributed by atoms with Gasteiger partial charge in [0, 0.05) is 11.1 Å². The van der Waals surface area contributed by atoms with Crippen molar-refractivity contribution in [2.24, 2.45) is 5.73 Å². The Bertz CT molecular complexity index is 715. The molecule has 0 unspecified atom stereocenters. The van der Waals surface area contributed by atoms with Gasteiger partial charge in [-0.05, 0) is 42.5 Å². The third-order valence-corrected chi connectivity index (χ3v) is 2.68. The molecule has 0 saturated heterocycles. The van der Waals surface area contributed by atoms with E-state index in [4.69, 9.17) is 10.8 Å². The van der Waals surface area contributed by atoms with Crippen molar-refractivity contribution in [1.82, 2.24) is 0 Å². The highest BCUT2D eigenvalue weighted by Gasteiger charge is 2.09. The molecule has 21 heavy (non-hydrogen) atoms. The van der Waals surface area contributed by atoms with Gasteiger partial charge in [0.25, 0.3) is 5.91 Å². The second kappa shape index (κ2) is 6.55. The molecule has 0 aliphatic heterocycles. The van der Waals surface area contributed by atoms with Crippen LogP contribution in [0.2, 0.25) is 0 Å². The normalized spacial score (nSPS) is 9.62. The molecule has 0 saturated carbocycles. The molecule has 0 atom stereocenters. The van der Waals surface area contributed by atoms with E-state index in [1.54, 1.807) is 6.07 Å². The fraction of sp³-hybridized carbons (Fsp3) is 0.0625. The minimum Gasteiger partial charge on any atom is -0.508 e. The average molecular weight is 284 g/mol. The van der Waals surface area contributed by atoms with Crippen LogP contribution in [0.3, 0.4) is 0 Å². The molecule has 4 nitrogen and oxygen atoms in total. The van der Waals surface area contributed by atoms with E-state index in [1.807, 2.05) is 0 Å². The molecular weight excluding hydrogens is 271 g/mol. The summed E-state index contributed by atoms with van der Waals surface area (Å²) in [6.07, 6.45) is 0. The van der Waals surface area contributed by atoms with Gasteiger partial charge in [0.15, 0.2) is 0 Å². The van der Waals surface area contributed by atoms with Gasteiger partial charge in [0.1, 0.15) is 11.6 Å². The van der Waals surface area contributed by atoms with Crippen molar-refractivity contribution >= 4 is 11.6 Å². The number of aromatic hydroxyl groups is 1. The van der Waals surface area contributed by atoms with Crippen molar-refractivity contribution in [2.75, 3.05) is 11.9 Å². The molecule has 0 aliphatic rings. The lowest BCUT2D eigenvalue weighted by molar-refractivity contribution is 0.102. The summed E-state index contributed by atoms with van der Waals surface area (Å²) in [6.45, 7) is 0.195. The van der Waals surface area contributed by atoms with Crippen LogP contribution < -0.4 is 11.1 Å². The lowest BCUT2D eigenvalue weighted by Crippen LogP contribution is -2.12. The number of rotatable bonds is 2. The zero-order chi connectivity index (χ0) is 15.2. The van der Waals surface area contributed by atoms with Gasteiger partial charge in [-0.25, -0.2) is 4.39 Å². The second-order valence-electron chi connectivity index (χ2n) is 4.20. The number of nitrogens with one attached hydrogen (secondary N) is 1. The first-order valence-electron chi connectivity index (χ1n) is 6.19. The van der Waals surface area contributed by atoms with Crippen LogP contribution in [0.5, 0.6) is 5.75 Å². The molecule has 0 aliphatic carbocycles. The topological polar surface area (TPSA) is 75.3 Å². The van der Waals surface area contributed by atoms with Crippen molar-refractivity contribution in [3.63, 3.8) is 0 Å². The minimum atomic E-state index is -0.578. The van der Waals surface area contributed by atoms with Gasteiger partial charge >= 0.3 is 0 Å². The van der Waals surface area contributed by atoms with Crippen LogP contribution >= 0.6 is 0 Å². The molecular formula is C16H13FN2O2. The van der Waals surface area contributed by atoms with E-state index in [0.717, 1.165) is 0 Å². The highest BCUT2D eigenvalue weighted by atomic mass is 19.1. The molecule has 0 bridgehead atoms. The number of hydrogen-bond acceptors (Lipinski definition) is 3. The number of amides is 1. The molecule has 0 spiro atoms. The van der Waals surface area contributed by atoms with Gasteiger partial charge in [0.05, 0.1) is 12.2 Å². The molecule has 2 aromatic rings. The van der Waals surface area contributed by atoms with Gasteiger partial charge < -0.3 is 16.2 Å². The smallest absolute Gasteiger partial charge is 0.255 e. The molecule has 0 radical (unpaired) electrons. The Morgan fingerprint density at radius 1 is 1.24 bits per heavy atom. The van der Waals surface area contributed by atoms with Gasteiger partial charge in [-0.1, -0.05) is 11.8 Å². The fourth-order valence-electron chi connectivity index (χ4n) is 1.65. The molecule has 0 fully saturated rings. The summed E-state index contributed by atoms with van der Waals surface area (Å²) in [5, 5.41) is 11.6. The van der Waals surface area contributed by atoms with Gasteiger partial charge in [-0.3, -0.25) is 4.79 Å². The van der Waals surface area contributed by atoms with Crippen LogP contribution in [0, 0.1) is 17.7 Å².